The highest BCUT2D eigenvalue weighted by molar-refractivity contribution is 5.89. The highest BCUT2D eigenvalue weighted by Crippen LogP contribution is 2.38. The standard InChI is InChI=1S/C17H18N2O7/c1-10-9-19(16(22)18-14(10)20)13-8-12(17(2,25-13)26-23)24-15(21)11-6-4-3-5-7-11/h3-7,9,12-13,23H,8H2,1-2H3,(H,18,20,22)/t12-,13+,17+/m0/s1. The lowest BCUT2D eigenvalue weighted by atomic mass is 10.1. The van der Waals surface area contributed by atoms with Crippen LogP contribution >= 0.6 is 0 Å². The highest BCUT2D eigenvalue weighted by Gasteiger charge is 2.50. The lowest BCUT2D eigenvalue weighted by Crippen LogP contribution is -2.41. The fourth-order valence-corrected chi connectivity index (χ4v) is 2.77. The Morgan fingerprint density at radius 3 is 2.69 bits per heavy atom. The minimum Gasteiger partial charge on any atom is -0.453 e. The third-order valence-electron chi connectivity index (χ3n) is 4.27. The topological polar surface area (TPSA) is 120 Å². The van der Waals surface area contributed by atoms with Gasteiger partial charge in [0.05, 0.1) is 5.56 Å². The van der Waals surface area contributed by atoms with Crippen molar-refractivity contribution < 1.29 is 24.4 Å². The van der Waals surface area contributed by atoms with Crippen LogP contribution in [-0.4, -0.2) is 32.7 Å². The maximum atomic E-state index is 12.3. The third kappa shape index (κ3) is 3.32. The number of aromatic nitrogens is 2. The summed E-state index contributed by atoms with van der Waals surface area (Å²) in [6.07, 6.45) is -0.500. The summed E-state index contributed by atoms with van der Waals surface area (Å²) in [5, 5.41) is 9.25. The van der Waals surface area contributed by atoms with Gasteiger partial charge in [-0.25, -0.2) is 14.8 Å². The normalized spacial score (nSPS) is 25.2. The molecule has 2 N–H and O–H groups in total. The molecule has 1 fully saturated rings. The number of aryl methyl sites for hydroxylation is 1. The molecule has 0 aliphatic carbocycles. The van der Waals surface area contributed by atoms with Crippen LogP contribution < -0.4 is 11.2 Å². The quantitative estimate of drug-likeness (QED) is 0.476. The van der Waals surface area contributed by atoms with Crippen molar-refractivity contribution in [2.24, 2.45) is 0 Å². The van der Waals surface area contributed by atoms with Crippen molar-refractivity contribution in [3.8, 4) is 0 Å². The van der Waals surface area contributed by atoms with Gasteiger partial charge in [-0.05, 0) is 26.0 Å². The number of hydrogen-bond acceptors (Lipinski definition) is 7. The third-order valence-corrected chi connectivity index (χ3v) is 4.27. The zero-order valence-corrected chi connectivity index (χ0v) is 14.2. The van der Waals surface area contributed by atoms with E-state index in [2.05, 4.69) is 9.87 Å². The van der Waals surface area contributed by atoms with E-state index >= 15 is 0 Å². The average Bonchev–Trinajstić information content (AvgIpc) is 2.96. The van der Waals surface area contributed by atoms with Crippen molar-refractivity contribution in [2.75, 3.05) is 0 Å². The Morgan fingerprint density at radius 1 is 1.35 bits per heavy atom. The van der Waals surface area contributed by atoms with Crippen molar-refractivity contribution in [1.29, 1.82) is 0 Å². The second-order valence-corrected chi connectivity index (χ2v) is 6.15. The van der Waals surface area contributed by atoms with Crippen molar-refractivity contribution >= 4 is 5.97 Å². The Balaban J connectivity index is 1.86. The van der Waals surface area contributed by atoms with E-state index in [1.165, 1.54) is 13.1 Å². The number of carbonyl (C=O) groups excluding carboxylic acids is 1. The average molecular weight is 362 g/mol. The van der Waals surface area contributed by atoms with Gasteiger partial charge in [-0.3, -0.25) is 14.3 Å². The van der Waals surface area contributed by atoms with Gasteiger partial charge in [0.15, 0.2) is 6.10 Å². The van der Waals surface area contributed by atoms with Crippen LogP contribution in [0.5, 0.6) is 0 Å². The Labute approximate surface area is 147 Å². The van der Waals surface area contributed by atoms with Crippen molar-refractivity contribution in [2.45, 2.75) is 38.4 Å². The first kappa shape index (κ1) is 18.1. The van der Waals surface area contributed by atoms with Crippen molar-refractivity contribution in [3.05, 3.63) is 68.5 Å². The molecule has 9 nitrogen and oxygen atoms in total. The highest BCUT2D eigenvalue weighted by atomic mass is 17.1. The minimum absolute atomic E-state index is 0.0427. The number of ether oxygens (including phenoxy) is 2. The van der Waals surface area contributed by atoms with Gasteiger partial charge < -0.3 is 9.47 Å². The molecule has 3 atom stereocenters. The largest absolute Gasteiger partial charge is 0.453 e. The predicted octanol–water partition coefficient (Wildman–Crippen LogP) is 1.20. The summed E-state index contributed by atoms with van der Waals surface area (Å²) in [6, 6.07) is 8.31. The Bertz CT molecular complexity index is 921. The van der Waals surface area contributed by atoms with E-state index in [1.54, 1.807) is 37.3 Å². The molecule has 0 radical (unpaired) electrons. The lowest BCUT2D eigenvalue weighted by molar-refractivity contribution is -0.409. The van der Waals surface area contributed by atoms with Gasteiger partial charge in [-0.1, -0.05) is 18.2 Å². The summed E-state index contributed by atoms with van der Waals surface area (Å²) < 4.78 is 12.2. The van der Waals surface area contributed by atoms with E-state index in [0.29, 0.717) is 11.1 Å². The molecule has 138 valence electrons. The van der Waals surface area contributed by atoms with E-state index in [9.17, 15) is 19.6 Å². The van der Waals surface area contributed by atoms with E-state index < -0.39 is 35.3 Å². The molecule has 1 aliphatic rings. The maximum Gasteiger partial charge on any atom is 0.338 e. The number of aromatic amines is 1. The van der Waals surface area contributed by atoms with Gasteiger partial charge in [0.2, 0.25) is 5.79 Å². The van der Waals surface area contributed by atoms with E-state index in [-0.39, 0.29) is 6.42 Å². The summed E-state index contributed by atoms with van der Waals surface area (Å²) in [7, 11) is 0. The molecule has 3 rings (SSSR count). The summed E-state index contributed by atoms with van der Waals surface area (Å²) >= 11 is 0. The number of rotatable bonds is 4. The number of H-pyrrole nitrogens is 1. The summed E-state index contributed by atoms with van der Waals surface area (Å²) in [5.74, 6) is -2.29. The number of nitrogens with one attached hydrogen (secondary N) is 1. The van der Waals surface area contributed by atoms with Gasteiger partial charge in [-0.2, -0.15) is 4.89 Å². The van der Waals surface area contributed by atoms with Gasteiger partial charge in [0.1, 0.15) is 6.23 Å². The molecule has 0 saturated carbocycles. The zero-order valence-electron chi connectivity index (χ0n) is 14.2. The fraction of sp³-hybridized carbons (Fsp3) is 0.353. The van der Waals surface area contributed by atoms with Crippen molar-refractivity contribution in [3.63, 3.8) is 0 Å². The number of benzene rings is 1. The molecular formula is C17H18N2O7. The monoisotopic (exact) mass is 362 g/mol. The molecule has 26 heavy (non-hydrogen) atoms. The molecular weight excluding hydrogens is 344 g/mol. The van der Waals surface area contributed by atoms with Gasteiger partial charge in [0, 0.05) is 18.2 Å². The van der Waals surface area contributed by atoms with Crippen LogP contribution in [0.2, 0.25) is 0 Å². The SMILES string of the molecule is Cc1cn([C@H]2C[C@H](OC(=O)c3ccccc3)[C@@](C)(OO)O2)c(=O)[nH]c1=O. The molecule has 1 aromatic heterocycles. The first-order valence-electron chi connectivity index (χ1n) is 7.92. The first-order valence-corrected chi connectivity index (χ1v) is 7.92. The summed E-state index contributed by atoms with van der Waals surface area (Å²) in [4.78, 5) is 42.4. The minimum atomic E-state index is -1.67. The van der Waals surface area contributed by atoms with Crippen LogP contribution in [0.4, 0.5) is 0 Å². The van der Waals surface area contributed by atoms with Crippen LogP contribution in [-0.2, 0) is 14.4 Å². The molecule has 2 heterocycles. The van der Waals surface area contributed by atoms with Gasteiger partial charge >= 0.3 is 11.7 Å². The van der Waals surface area contributed by atoms with Crippen LogP contribution in [0.15, 0.2) is 46.1 Å². The summed E-state index contributed by atoms with van der Waals surface area (Å²) in [6.45, 7) is 2.93. The zero-order chi connectivity index (χ0) is 18.9. The van der Waals surface area contributed by atoms with Crippen LogP contribution in [0.1, 0.15) is 35.5 Å². The van der Waals surface area contributed by atoms with E-state index in [1.807, 2.05) is 0 Å². The number of nitrogens with zero attached hydrogens (tertiary/aromatic N) is 1. The molecule has 1 aliphatic heterocycles. The molecule has 0 unspecified atom stereocenters. The van der Waals surface area contributed by atoms with Gasteiger partial charge in [-0.15, -0.1) is 0 Å². The van der Waals surface area contributed by atoms with Crippen LogP contribution in [0.3, 0.4) is 0 Å². The molecule has 1 aromatic carbocycles. The van der Waals surface area contributed by atoms with Gasteiger partial charge in [0.25, 0.3) is 5.56 Å². The number of carbonyl (C=O) groups is 1. The molecule has 0 bridgehead atoms. The molecule has 1 saturated heterocycles. The summed E-state index contributed by atoms with van der Waals surface area (Å²) in [5.41, 5.74) is -0.545. The van der Waals surface area contributed by atoms with E-state index in [0.717, 1.165) is 4.57 Å². The van der Waals surface area contributed by atoms with Crippen LogP contribution in [0, 0.1) is 6.92 Å². The molecule has 0 spiro atoms. The smallest absolute Gasteiger partial charge is 0.338 e. The maximum absolute atomic E-state index is 12.3. The number of esters is 1. The molecule has 9 heteroatoms. The van der Waals surface area contributed by atoms with Crippen molar-refractivity contribution in [1.82, 2.24) is 9.55 Å². The Kier molecular flexibility index (Phi) is 4.77. The first-order chi connectivity index (χ1) is 12.3. The predicted molar refractivity (Wildman–Crippen MR) is 88.6 cm³/mol. The van der Waals surface area contributed by atoms with Crippen LogP contribution in [0.25, 0.3) is 0 Å². The Hall–Kier alpha value is -2.75. The second kappa shape index (κ2) is 6.87. The second-order valence-electron chi connectivity index (χ2n) is 6.15. The molecule has 0 amide bonds. The number of hydrogen-bond donors (Lipinski definition) is 2. The lowest BCUT2D eigenvalue weighted by Gasteiger charge is -2.26. The van der Waals surface area contributed by atoms with E-state index in [4.69, 9.17) is 9.47 Å². The fourth-order valence-electron chi connectivity index (χ4n) is 2.77. The molecule has 2 aromatic rings. The Morgan fingerprint density at radius 2 is 2.04 bits per heavy atom.